The van der Waals surface area contributed by atoms with Crippen molar-refractivity contribution in [2.75, 3.05) is 26.4 Å². The number of carbonyl (C=O) groups is 1. The second kappa shape index (κ2) is 59.6. The topological polar surface area (TPSA) is 307 Å². The molecule has 0 aliphatic carbocycles. The molecule has 0 radical (unpaired) electrons. The third-order valence-electron chi connectivity index (χ3n) is 19.3. The number of ether oxygens (including phenoxy) is 6. The number of carbonyl (C=O) groups excluding carboxylic acids is 1. The van der Waals surface area contributed by atoms with E-state index in [0.29, 0.717) is 12.8 Å². The van der Waals surface area contributed by atoms with E-state index in [4.69, 9.17) is 28.4 Å². The van der Waals surface area contributed by atoms with E-state index in [0.717, 1.165) is 83.5 Å². The van der Waals surface area contributed by atoms with E-state index in [1.54, 1.807) is 0 Å². The van der Waals surface area contributed by atoms with Gasteiger partial charge in [-0.1, -0.05) is 292 Å². The first-order valence-electron chi connectivity index (χ1n) is 39.2. The maximum absolute atomic E-state index is 13.5. The van der Waals surface area contributed by atoms with Crippen LogP contribution in [0.1, 0.15) is 290 Å². The van der Waals surface area contributed by atoms with Gasteiger partial charge in [-0.3, -0.25) is 4.79 Å². The lowest BCUT2D eigenvalue weighted by atomic mass is 9.96. The number of hydrogen-bond donors (Lipinski definition) is 12. The van der Waals surface area contributed by atoms with Crippen LogP contribution >= 0.6 is 0 Å². The molecule has 3 rings (SSSR count). The van der Waals surface area contributed by atoms with Gasteiger partial charge in [-0.2, -0.15) is 0 Å². The van der Waals surface area contributed by atoms with Crippen LogP contribution in [0.5, 0.6) is 0 Å². The lowest BCUT2D eigenvalue weighted by Gasteiger charge is -2.48. The van der Waals surface area contributed by atoms with Gasteiger partial charge in [-0.05, 0) is 64.2 Å². The average molecular weight is 1390 g/mol. The van der Waals surface area contributed by atoms with Crippen molar-refractivity contribution < 1.29 is 89.4 Å². The van der Waals surface area contributed by atoms with Crippen molar-refractivity contribution in [2.45, 2.75) is 394 Å². The van der Waals surface area contributed by atoms with E-state index in [-0.39, 0.29) is 18.9 Å². The van der Waals surface area contributed by atoms with E-state index in [9.17, 15) is 61.0 Å². The highest BCUT2D eigenvalue weighted by Gasteiger charge is 2.54. The Morgan fingerprint density at radius 1 is 0.378 bits per heavy atom. The van der Waals surface area contributed by atoms with Crippen LogP contribution in [0, 0.1) is 0 Å². The van der Waals surface area contributed by atoms with Gasteiger partial charge in [0, 0.05) is 6.42 Å². The van der Waals surface area contributed by atoms with Crippen LogP contribution < -0.4 is 5.32 Å². The second-order valence-corrected chi connectivity index (χ2v) is 27.8. The zero-order valence-corrected chi connectivity index (χ0v) is 60.8. The first-order chi connectivity index (χ1) is 47.8. The SMILES string of the molecule is CC/C=C\C/C=C\C/C=C\C/C=C\C/C=C\C/C=C\CCCCCCCCCCCCCCCCCCC(=O)NC(COC1OC(CO)C(OC2OC(CO)C(OC3OC(CO)C(O)C(O)C3O)C(O)C2O)C(O)C1O)C(O)CCCCCCCCCCCCCCCCCCCC. The lowest BCUT2D eigenvalue weighted by molar-refractivity contribution is -0.379. The molecule has 3 fully saturated rings. The smallest absolute Gasteiger partial charge is 0.220 e. The molecule has 12 N–H and O–H groups in total. The summed E-state index contributed by atoms with van der Waals surface area (Å²) in [5.74, 6) is -0.241. The quantitative estimate of drug-likeness (QED) is 0.0199. The Bertz CT molecular complexity index is 2050. The van der Waals surface area contributed by atoms with Crippen molar-refractivity contribution in [3.8, 4) is 0 Å². The fourth-order valence-electron chi connectivity index (χ4n) is 13.0. The van der Waals surface area contributed by atoms with Gasteiger partial charge in [0.1, 0.15) is 73.2 Å². The highest BCUT2D eigenvalue weighted by molar-refractivity contribution is 5.76. The van der Waals surface area contributed by atoms with Crippen LogP contribution in [-0.2, 0) is 33.2 Å². The number of nitrogens with one attached hydrogen (secondary N) is 1. The first kappa shape index (κ1) is 89.4. The van der Waals surface area contributed by atoms with E-state index in [2.05, 4.69) is 92.1 Å². The van der Waals surface area contributed by atoms with E-state index < -0.39 is 124 Å². The zero-order chi connectivity index (χ0) is 71.1. The summed E-state index contributed by atoms with van der Waals surface area (Å²) in [4.78, 5) is 13.5. The molecule has 17 unspecified atom stereocenters. The minimum atomic E-state index is -1.97. The number of rotatable bonds is 61. The molecule has 19 heteroatoms. The van der Waals surface area contributed by atoms with E-state index in [1.807, 2.05) is 0 Å². The lowest BCUT2D eigenvalue weighted by Crippen LogP contribution is -2.66. The number of aliphatic hydroxyl groups excluding tert-OH is 11. The van der Waals surface area contributed by atoms with Crippen LogP contribution in [0.2, 0.25) is 0 Å². The molecule has 17 atom stereocenters. The predicted octanol–water partition coefficient (Wildman–Crippen LogP) is 12.4. The summed E-state index contributed by atoms with van der Waals surface area (Å²) < 4.78 is 34.5. The van der Waals surface area contributed by atoms with E-state index in [1.165, 1.54) is 173 Å². The Balaban J connectivity index is 1.34. The second-order valence-electron chi connectivity index (χ2n) is 27.8. The fraction of sp³-hybridized carbons (Fsp3) is 0.835. The van der Waals surface area contributed by atoms with Crippen molar-refractivity contribution in [3.63, 3.8) is 0 Å². The van der Waals surface area contributed by atoms with Gasteiger partial charge in [0.15, 0.2) is 18.9 Å². The molecule has 570 valence electrons. The molecule has 0 saturated carbocycles. The Morgan fingerprint density at radius 2 is 0.704 bits per heavy atom. The molecule has 0 aromatic rings. The molecule has 3 heterocycles. The molecular formula is C79H141NO18. The Kier molecular flexibility index (Phi) is 54.4. The van der Waals surface area contributed by atoms with Gasteiger partial charge in [-0.15, -0.1) is 0 Å². The summed E-state index contributed by atoms with van der Waals surface area (Å²) in [6, 6.07) is -0.890. The third kappa shape index (κ3) is 39.8. The molecule has 3 aliphatic rings. The molecule has 0 bridgehead atoms. The van der Waals surface area contributed by atoms with Gasteiger partial charge < -0.3 is 89.9 Å². The number of aliphatic hydroxyl groups is 11. The number of allylic oxidation sites excluding steroid dienone is 12. The molecule has 3 saturated heterocycles. The monoisotopic (exact) mass is 1390 g/mol. The highest BCUT2D eigenvalue weighted by atomic mass is 16.8. The average Bonchev–Trinajstić information content (AvgIpc) is 0.785. The zero-order valence-electron chi connectivity index (χ0n) is 60.8. The predicted molar refractivity (Wildman–Crippen MR) is 388 cm³/mol. The summed E-state index contributed by atoms with van der Waals surface area (Å²) in [6.45, 7) is 1.71. The highest BCUT2D eigenvalue weighted by Crippen LogP contribution is 2.33. The normalized spacial score (nSPS) is 27.1. The molecule has 98 heavy (non-hydrogen) atoms. The first-order valence-corrected chi connectivity index (χ1v) is 39.2. The van der Waals surface area contributed by atoms with Gasteiger partial charge in [0.2, 0.25) is 5.91 Å². The van der Waals surface area contributed by atoms with Gasteiger partial charge in [-0.25, -0.2) is 0 Å². The van der Waals surface area contributed by atoms with Crippen LogP contribution in [0.3, 0.4) is 0 Å². The summed E-state index contributed by atoms with van der Waals surface area (Å²) in [6.07, 6.45) is 49.8. The Hall–Kier alpha value is -2.77. The summed E-state index contributed by atoms with van der Waals surface area (Å²) in [5.41, 5.74) is 0. The minimum absolute atomic E-state index is 0.241. The van der Waals surface area contributed by atoms with Gasteiger partial charge in [0.25, 0.3) is 0 Å². The maximum atomic E-state index is 13.5. The molecular weight excluding hydrogens is 1250 g/mol. The van der Waals surface area contributed by atoms with Crippen LogP contribution in [0.15, 0.2) is 72.9 Å². The van der Waals surface area contributed by atoms with Crippen molar-refractivity contribution >= 4 is 5.91 Å². The van der Waals surface area contributed by atoms with Crippen molar-refractivity contribution in [3.05, 3.63) is 72.9 Å². The number of hydrogen-bond acceptors (Lipinski definition) is 18. The van der Waals surface area contributed by atoms with Gasteiger partial charge >= 0.3 is 0 Å². The summed E-state index contributed by atoms with van der Waals surface area (Å²) in [7, 11) is 0. The third-order valence-corrected chi connectivity index (χ3v) is 19.3. The maximum Gasteiger partial charge on any atom is 0.220 e. The van der Waals surface area contributed by atoms with Crippen molar-refractivity contribution in [1.29, 1.82) is 0 Å². The minimum Gasteiger partial charge on any atom is -0.394 e. The molecule has 19 nitrogen and oxygen atoms in total. The number of amides is 1. The van der Waals surface area contributed by atoms with Crippen molar-refractivity contribution in [2.24, 2.45) is 0 Å². The Labute approximate surface area is 591 Å². The number of unbranched alkanes of at least 4 members (excludes halogenated alkanes) is 33. The van der Waals surface area contributed by atoms with Crippen LogP contribution in [-0.4, -0.2) is 193 Å². The van der Waals surface area contributed by atoms with E-state index >= 15 is 0 Å². The molecule has 1 amide bonds. The largest absolute Gasteiger partial charge is 0.394 e. The molecule has 0 spiro atoms. The van der Waals surface area contributed by atoms with Gasteiger partial charge in [0.05, 0.1) is 38.6 Å². The standard InChI is InChI=1S/C79H141NO18/c1-3-5-7-9-11-13-15-17-19-21-23-24-25-26-27-28-29-30-31-32-33-34-35-36-37-38-39-41-43-45-47-49-51-53-55-57-67(85)80-62(63(84)56-54-52-50-48-46-44-42-40-22-20-18-16-14-12-10-8-6-4-2)61-93-77-73(91)70(88)75(65(59-82)95-77)98-79-74(92)71(89)76(66(60-83)96-79)97-78-72(90)69(87)68(86)64(58-81)94-78/h5,7,11,13,17,19,23-24,26-27,29-30,62-66,68-79,81-84,86-92H,3-4,6,8-10,12,14-16,18,20-22,25,28,31-61H2,1-2H3,(H,80,85)/b7-5-,13-11-,19-17-,24-23-,27-26-,30-29-. The summed E-state index contributed by atoms with van der Waals surface area (Å²) >= 11 is 0. The summed E-state index contributed by atoms with van der Waals surface area (Å²) in [5, 5.41) is 121. The molecule has 0 aromatic carbocycles. The molecule has 0 aromatic heterocycles. The van der Waals surface area contributed by atoms with Crippen LogP contribution in [0.4, 0.5) is 0 Å². The fourth-order valence-corrected chi connectivity index (χ4v) is 13.0. The molecule has 3 aliphatic heterocycles. The van der Waals surface area contributed by atoms with Crippen molar-refractivity contribution in [1.82, 2.24) is 5.32 Å². The Morgan fingerprint density at radius 3 is 1.10 bits per heavy atom. The van der Waals surface area contributed by atoms with Crippen LogP contribution in [0.25, 0.3) is 0 Å².